The predicted molar refractivity (Wildman–Crippen MR) is 99.8 cm³/mol. The van der Waals surface area contributed by atoms with Crippen LogP contribution in [0, 0.1) is 10.1 Å². The van der Waals surface area contributed by atoms with Crippen molar-refractivity contribution in [2.75, 3.05) is 11.9 Å². The molecule has 0 unspecified atom stereocenters. The van der Waals surface area contributed by atoms with Crippen LogP contribution in [0.3, 0.4) is 0 Å². The number of pyridine rings is 1. The van der Waals surface area contributed by atoms with Crippen LogP contribution < -0.4 is 10.5 Å². The quantitative estimate of drug-likeness (QED) is 0.407. The van der Waals surface area contributed by atoms with E-state index < -0.39 is 16.2 Å². The maximum absolute atomic E-state index is 12.5. The van der Waals surface area contributed by atoms with Gasteiger partial charge in [-0.15, -0.1) is 11.3 Å². The molecule has 0 aliphatic rings. The summed E-state index contributed by atoms with van der Waals surface area (Å²) in [5, 5.41) is 12.3. The number of anilines is 1. The van der Waals surface area contributed by atoms with Crippen molar-refractivity contribution in [2.45, 2.75) is 6.54 Å². The van der Waals surface area contributed by atoms with Crippen molar-refractivity contribution in [3.8, 4) is 0 Å². The van der Waals surface area contributed by atoms with E-state index >= 15 is 0 Å². The number of nitrogens with zero attached hydrogens (tertiary/aromatic N) is 5. The van der Waals surface area contributed by atoms with Gasteiger partial charge in [-0.3, -0.25) is 19.3 Å². The lowest BCUT2D eigenvalue weighted by molar-refractivity contribution is -0.385. The predicted octanol–water partition coefficient (Wildman–Crippen LogP) is 2.85. The fraction of sp³-hybridized carbons (Fsp3) is 0.118. The minimum Gasteiger partial charge on any atom is -0.347 e. The Bertz CT molecular complexity index is 1170. The molecule has 3 aromatic heterocycles. The molecular weight excluding hydrogens is 354 g/mol. The van der Waals surface area contributed by atoms with Crippen LogP contribution in [0.15, 0.2) is 53.5 Å². The van der Waals surface area contributed by atoms with Crippen molar-refractivity contribution < 1.29 is 4.92 Å². The first-order valence-corrected chi connectivity index (χ1v) is 8.57. The van der Waals surface area contributed by atoms with Crippen molar-refractivity contribution >= 4 is 38.7 Å². The molecule has 0 saturated heterocycles. The van der Waals surface area contributed by atoms with Crippen LogP contribution in [0.25, 0.3) is 15.9 Å². The molecule has 0 amide bonds. The van der Waals surface area contributed by atoms with E-state index in [1.165, 1.54) is 21.9 Å². The molecule has 4 rings (SSSR count). The third kappa shape index (κ3) is 2.68. The van der Waals surface area contributed by atoms with Crippen LogP contribution in [-0.2, 0) is 6.54 Å². The SMILES string of the molecule is CN(Cc1nc2ccccc2s1)c1nc2ccccn2c(=O)c1[N+](=O)[O-]. The van der Waals surface area contributed by atoms with Gasteiger partial charge in [0.15, 0.2) is 0 Å². The third-order valence-corrected chi connectivity index (χ3v) is 4.97. The normalized spacial score (nSPS) is 11.1. The van der Waals surface area contributed by atoms with Gasteiger partial charge in [-0.1, -0.05) is 18.2 Å². The molecule has 0 atom stereocenters. The smallest absolute Gasteiger partial charge is 0.347 e. The standard InChI is InChI=1S/C17H13N5O3S/c1-20(10-14-18-11-6-2-3-7-12(11)26-14)16-15(22(24)25)17(23)21-9-5-4-8-13(21)19-16/h2-9H,10H2,1H3. The fourth-order valence-electron chi connectivity index (χ4n) is 2.76. The van der Waals surface area contributed by atoms with Crippen LogP contribution in [0.5, 0.6) is 0 Å². The van der Waals surface area contributed by atoms with E-state index in [-0.39, 0.29) is 5.82 Å². The summed E-state index contributed by atoms with van der Waals surface area (Å²) in [5.74, 6) is 0.0328. The molecular formula is C17H13N5O3S. The molecule has 0 N–H and O–H groups in total. The monoisotopic (exact) mass is 367 g/mol. The second kappa shape index (κ2) is 6.19. The van der Waals surface area contributed by atoms with E-state index in [4.69, 9.17) is 0 Å². The topological polar surface area (TPSA) is 93.6 Å². The Kier molecular flexibility index (Phi) is 3.85. The van der Waals surface area contributed by atoms with Gasteiger partial charge in [0.1, 0.15) is 10.7 Å². The molecule has 26 heavy (non-hydrogen) atoms. The molecule has 0 aliphatic carbocycles. The Morgan fingerprint density at radius 1 is 1.19 bits per heavy atom. The minimum atomic E-state index is -0.702. The van der Waals surface area contributed by atoms with Crippen molar-refractivity contribution in [3.05, 3.63) is 74.1 Å². The lowest BCUT2D eigenvalue weighted by Crippen LogP contribution is -2.26. The van der Waals surface area contributed by atoms with Gasteiger partial charge in [0.25, 0.3) is 0 Å². The summed E-state index contributed by atoms with van der Waals surface area (Å²) < 4.78 is 2.21. The minimum absolute atomic E-state index is 0.0328. The fourth-order valence-corrected chi connectivity index (χ4v) is 3.78. The number of benzene rings is 1. The first-order chi connectivity index (χ1) is 12.5. The average Bonchev–Trinajstić information content (AvgIpc) is 3.03. The summed E-state index contributed by atoms with van der Waals surface area (Å²) in [5.41, 5.74) is -0.0137. The van der Waals surface area contributed by atoms with Crippen LogP contribution in [0.4, 0.5) is 11.5 Å². The highest BCUT2D eigenvalue weighted by atomic mass is 32.1. The third-order valence-electron chi connectivity index (χ3n) is 3.95. The Labute approximate surface area is 151 Å². The number of thiazole rings is 1. The van der Waals surface area contributed by atoms with Crippen molar-refractivity contribution in [1.29, 1.82) is 0 Å². The Balaban J connectivity index is 1.80. The molecule has 0 bridgehead atoms. The molecule has 0 spiro atoms. The summed E-state index contributed by atoms with van der Waals surface area (Å²) in [6, 6.07) is 12.7. The van der Waals surface area contributed by atoms with E-state index in [2.05, 4.69) is 9.97 Å². The van der Waals surface area contributed by atoms with Crippen molar-refractivity contribution in [3.63, 3.8) is 0 Å². The van der Waals surface area contributed by atoms with Crippen molar-refractivity contribution in [2.24, 2.45) is 0 Å². The number of rotatable bonds is 4. The molecule has 0 fully saturated rings. The zero-order chi connectivity index (χ0) is 18.3. The number of aromatic nitrogens is 3. The Hall–Kier alpha value is -3.33. The zero-order valence-corrected chi connectivity index (χ0v) is 14.5. The lowest BCUT2D eigenvalue weighted by Gasteiger charge is -2.16. The molecule has 0 radical (unpaired) electrons. The van der Waals surface area contributed by atoms with E-state index in [0.717, 1.165) is 15.2 Å². The highest BCUT2D eigenvalue weighted by molar-refractivity contribution is 7.18. The first kappa shape index (κ1) is 16.2. The molecule has 0 aliphatic heterocycles. The van der Waals surface area contributed by atoms with Gasteiger partial charge >= 0.3 is 11.2 Å². The van der Waals surface area contributed by atoms with Gasteiger partial charge in [-0.05, 0) is 24.3 Å². The molecule has 3 heterocycles. The molecule has 4 aromatic rings. The van der Waals surface area contributed by atoms with Crippen LogP contribution in [0.2, 0.25) is 0 Å². The van der Waals surface area contributed by atoms with Crippen molar-refractivity contribution in [1.82, 2.24) is 14.4 Å². The van der Waals surface area contributed by atoms with E-state index in [1.807, 2.05) is 24.3 Å². The number of para-hydroxylation sites is 1. The molecule has 9 heteroatoms. The highest BCUT2D eigenvalue weighted by Gasteiger charge is 2.26. The highest BCUT2D eigenvalue weighted by Crippen LogP contribution is 2.26. The molecule has 1 aromatic carbocycles. The summed E-state index contributed by atoms with van der Waals surface area (Å²) in [6.45, 7) is 0.315. The summed E-state index contributed by atoms with van der Waals surface area (Å²) in [7, 11) is 1.67. The molecule has 130 valence electrons. The van der Waals surface area contributed by atoms with Gasteiger partial charge in [0, 0.05) is 13.2 Å². The summed E-state index contributed by atoms with van der Waals surface area (Å²) >= 11 is 1.51. The second-order valence-electron chi connectivity index (χ2n) is 5.71. The first-order valence-electron chi connectivity index (χ1n) is 7.76. The molecule has 0 saturated carbocycles. The number of hydrogen-bond acceptors (Lipinski definition) is 7. The van der Waals surface area contributed by atoms with Gasteiger partial charge in [0.05, 0.1) is 21.7 Å². The summed E-state index contributed by atoms with van der Waals surface area (Å²) in [4.78, 5) is 33.8. The van der Waals surface area contributed by atoms with E-state index in [9.17, 15) is 14.9 Å². The van der Waals surface area contributed by atoms with Gasteiger partial charge in [-0.25, -0.2) is 9.97 Å². The number of nitro groups is 1. The average molecular weight is 367 g/mol. The van der Waals surface area contributed by atoms with E-state index in [0.29, 0.717) is 12.2 Å². The maximum atomic E-state index is 12.5. The zero-order valence-electron chi connectivity index (χ0n) is 13.7. The molecule has 8 nitrogen and oxygen atoms in total. The van der Waals surface area contributed by atoms with Crippen LogP contribution in [0.1, 0.15) is 5.01 Å². The van der Waals surface area contributed by atoms with Gasteiger partial charge in [0.2, 0.25) is 5.82 Å². The van der Waals surface area contributed by atoms with Crippen LogP contribution >= 0.6 is 11.3 Å². The van der Waals surface area contributed by atoms with Crippen LogP contribution in [-0.4, -0.2) is 26.3 Å². The largest absolute Gasteiger partial charge is 0.376 e. The number of hydrogen-bond donors (Lipinski definition) is 0. The Morgan fingerprint density at radius 2 is 1.96 bits per heavy atom. The van der Waals surface area contributed by atoms with Gasteiger partial charge < -0.3 is 4.90 Å². The maximum Gasteiger partial charge on any atom is 0.376 e. The van der Waals surface area contributed by atoms with Gasteiger partial charge in [-0.2, -0.15) is 0 Å². The summed E-state index contributed by atoms with van der Waals surface area (Å²) in [6.07, 6.45) is 1.47. The number of fused-ring (bicyclic) bond motifs is 2. The van der Waals surface area contributed by atoms with E-state index in [1.54, 1.807) is 30.1 Å². The Morgan fingerprint density at radius 3 is 2.73 bits per heavy atom. The lowest BCUT2D eigenvalue weighted by atomic mass is 10.3. The second-order valence-corrected chi connectivity index (χ2v) is 6.82.